The summed E-state index contributed by atoms with van der Waals surface area (Å²) >= 11 is 3.80. The van der Waals surface area contributed by atoms with Gasteiger partial charge in [0, 0.05) is 63.3 Å². The Labute approximate surface area is 371 Å². The molecule has 0 fully saturated rings. The highest BCUT2D eigenvalue weighted by Gasteiger charge is 2.42. The van der Waals surface area contributed by atoms with Crippen LogP contribution in [0.1, 0.15) is 55.0 Å². The second kappa shape index (κ2) is 14.0. The van der Waals surface area contributed by atoms with Crippen LogP contribution < -0.4 is 9.64 Å². The summed E-state index contributed by atoms with van der Waals surface area (Å²) in [5, 5.41) is 2.61. The molecule has 4 heteroatoms. The van der Waals surface area contributed by atoms with Gasteiger partial charge in [0.15, 0.2) is 0 Å². The fourth-order valence-corrected chi connectivity index (χ4v) is 13.0. The number of ether oxygens (including phenoxy) is 1. The molecule has 2 aliphatic carbocycles. The molecule has 1 atom stereocenters. The van der Waals surface area contributed by atoms with Crippen LogP contribution in [-0.4, -0.2) is 0 Å². The monoisotopic (exact) mass is 833 g/mol. The number of allylic oxidation sites excluding steroid dienone is 8. The lowest BCUT2D eigenvalue weighted by Crippen LogP contribution is -2.22. The Hall–Kier alpha value is -6.59. The number of anilines is 2. The van der Waals surface area contributed by atoms with Crippen molar-refractivity contribution in [3.63, 3.8) is 0 Å². The molecule has 0 N–H and O–H groups in total. The Kier molecular flexibility index (Phi) is 8.38. The van der Waals surface area contributed by atoms with E-state index in [1.165, 1.54) is 74.5 Å². The van der Waals surface area contributed by atoms with Crippen LogP contribution in [0.2, 0.25) is 0 Å². The first-order valence-corrected chi connectivity index (χ1v) is 23.0. The van der Waals surface area contributed by atoms with Gasteiger partial charge in [-0.15, -0.1) is 11.3 Å². The molecule has 3 heterocycles. The molecule has 0 saturated carbocycles. The van der Waals surface area contributed by atoms with E-state index >= 15 is 0 Å². The van der Waals surface area contributed by atoms with Gasteiger partial charge in [0.05, 0.1) is 0 Å². The summed E-state index contributed by atoms with van der Waals surface area (Å²) in [6, 6.07) is 55.6. The van der Waals surface area contributed by atoms with E-state index in [4.69, 9.17) is 4.74 Å². The predicted molar refractivity (Wildman–Crippen MR) is 265 cm³/mol. The lowest BCUT2D eigenvalue weighted by atomic mass is 9.74. The minimum atomic E-state index is -0.172. The summed E-state index contributed by atoms with van der Waals surface area (Å²) in [5.41, 5.74) is 15.0. The molecule has 4 aliphatic rings. The van der Waals surface area contributed by atoms with Crippen LogP contribution in [0.25, 0.3) is 53.6 Å². The van der Waals surface area contributed by atoms with Gasteiger partial charge in [0.1, 0.15) is 5.75 Å². The van der Waals surface area contributed by atoms with E-state index < -0.39 is 0 Å². The lowest BCUT2D eigenvalue weighted by Gasteiger charge is -2.31. The molecule has 8 aromatic rings. The van der Waals surface area contributed by atoms with Gasteiger partial charge in [0.25, 0.3) is 0 Å². The summed E-state index contributed by atoms with van der Waals surface area (Å²) in [7, 11) is 0. The van der Waals surface area contributed by atoms with E-state index in [-0.39, 0.29) is 10.8 Å². The van der Waals surface area contributed by atoms with Crippen molar-refractivity contribution in [3.8, 4) is 28.0 Å². The Morgan fingerprint density at radius 1 is 0.613 bits per heavy atom. The molecule has 298 valence electrons. The van der Waals surface area contributed by atoms with Crippen molar-refractivity contribution in [1.29, 1.82) is 0 Å². The first kappa shape index (κ1) is 37.2. The predicted octanol–water partition coefficient (Wildman–Crippen LogP) is 16.4. The number of benzene rings is 7. The number of thioether (sulfide) groups is 1. The van der Waals surface area contributed by atoms with Crippen molar-refractivity contribution in [1.82, 2.24) is 0 Å². The number of thiophene rings is 1. The Morgan fingerprint density at radius 2 is 1.31 bits per heavy atom. The number of rotatable bonds is 5. The summed E-state index contributed by atoms with van der Waals surface area (Å²) in [6.07, 6.45) is 11.9. The molecular weight excluding hydrogens is 791 g/mol. The average molecular weight is 834 g/mol. The molecule has 1 unspecified atom stereocenters. The maximum absolute atomic E-state index is 7.38. The van der Waals surface area contributed by atoms with E-state index in [1.807, 2.05) is 23.1 Å². The highest BCUT2D eigenvalue weighted by Crippen LogP contribution is 2.59. The smallest absolute Gasteiger partial charge is 0.205 e. The summed E-state index contributed by atoms with van der Waals surface area (Å²) in [4.78, 5) is 5.06. The number of hydrogen-bond donors (Lipinski definition) is 0. The molecular formula is C58H43NOS2. The fraction of sp³-hybridized carbons (Fsp3) is 0.103. The fourth-order valence-electron chi connectivity index (χ4n) is 10.3. The molecule has 0 saturated heterocycles. The Bertz CT molecular complexity index is 3320. The maximum atomic E-state index is 7.38. The summed E-state index contributed by atoms with van der Waals surface area (Å²) in [6.45, 7) is 11.5. The van der Waals surface area contributed by atoms with Gasteiger partial charge in [-0.3, -0.25) is 4.90 Å². The molecule has 0 amide bonds. The Morgan fingerprint density at radius 3 is 2.13 bits per heavy atom. The molecule has 0 spiro atoms. The minimum Gasteiger partial charge on any atom is -0.439 e. The van der Waals surface area contributed by atoms with Gasteiger partial charge >= 0.3 is 0 Å². The second-order valence-corrected chi connectivity index (χ2v) is 19.6. The molecule has 1 aromatic heterocycles. The second-order valence-electron chi connectivity index (χ2n) is 17.5. The topological polar surface area (TPSA) is 12.5 Å². The largest absolute Gasteiger partial charge is 0.439 e. The average Bonchev–Trinajstić information content (AvgIpc) is 3.91. The lowest BCUT2D eigenvalue weighted by molar-refractivity contribution is 0.416. The molecule has 2 nitrogen and oxygen atoms in total. The van der Waals surface area contributed by atoms with Crippen molar-refractivity contribution < 1.29 is 4.74 Å². The van der Waals surface area contributed by atoms with E-state index in [0.29, 0.717) is 5.88 Å². The highest BCUT2D eigenvalue weighted by atomic mass is 32.2. The minimum absolute atomic E-state index is 0.0212. The van der Waals surface area contributed by atoms with Crippen molar-refractivity contribution in [2.24, 2.45) is 0 Å². The summed E-state index contributed by atoms with van der Waals surface area (Å²) in [5.74, 6) is 1.55. The van der Waals surface area contributed by atoms with Crippen LogP contribution in [0.3, 0.4) is 0 Å². The van der Waals surface area contributed by atoms with E-state index in [2.05, 4.69) is 214 Å². The third kappa shape index (κ3) is 5.56. The number of hydrogen-bond acceptors (Lipinski definition) is 4. The first-order chi connectivity index (χ1) is 30.3. The Balaban J connectivity index is 0.997. The van der Waals surface area contributed by atoms with Crippen molar-refractivity contribution in [2.75, 3.05) is 4.90 Å². The van der Waals surface area contributed by atoms with Crippen molar-refractivity contribution >= 4 is 65.8 Å². The quantitative estimate of drug-likeness (QED) is 0.171. The molecule has 7 aromatic carbocycles. The molecule has 2 aliphatic heterocycles. The highest BCUT2D eigenvalue weighted by molar-refractivity contribution is 8.03. The van der Waals surface area contributed by atoms with Gasteiger partial charge in [-0.05, 0) is 99.0 Å². The third-order valence-electron chi connectivity index (χ3n) is 13.5. The first-order valence-electron chi connectivity index (χ1n) is 21.4. The molecule has 12 rings (SSSR count). The third-order valence-corrected chi connectivity index (χ3v) is 16.2. The molecule has 0 bridgehead atoms. The zero-order valence-corrected chi connectivity index (χ0v) is 36.5. The SMILES string of the molecule is C=C1/C=C\C=C(\N(c2ccc(C3=C4Sc5ccccc5C4(C)CC=C3)cc2)c2ccc(-c3cccc4c3sc3ccccc34)cc2)Oc2c1ccc1c2-c2ccccc2C1(C)C. The van der Waals surface area contributed by atoms with Crippen LogP contribution >= 0.6 is 23.1 Å². The normalized spacial score (nSPS) is 19.4. The van der Waals surface area contributed by atoms with Crippen LogP contribution in [-0.2, 0) is 10.8 Å². The van der Waals surface area contributed by atoms with Gasteiger partial charge in [-0.2, -0.15) is 0 Å². The van der Waals surface area contributed by atoms with E-state index in [1.54, 1.807) is 0 Å². The maximum Gasteiger partial charge on any atom is 0.205 e. The van der Waals surface area contributed by atoms with Crippen LogP contribution in [0, 0.1) is 0 Å². The van der Waals surface area contributed by atoms with Crippen molar-refractivity contribution in [3.05, 3.63) is 227 Å². The molecule has 62 heavy (non-hydrogen) atoms. The number of fused-ring (bicyclic) bond motifs is 11. The van der Waals surface area contributed by atoms with E-state index in [0.717, 1.165) is 40.2 Å². The standard InChI is InChI=1S/C58H43NOS2/c1-36-14-11-24-52(60-54-41(36)33-34-49-53(54)46-16-5-7-20-47(46)57(49,2)3)59(39-29-25-37(26-30-39)42-17-12-18-45-44-15-6-9-22-50(44)61-55(42)45)40-31-27-38(28-32-40)43-19-13-35-58(4)48-21-8-10-23-51(48)62-56(43)58/h5-34H,1,35H2,2-4H3/b14-11-,52-24-. The van der Waals surface area contributed by atoms with Crippen LogP contribution in [0.15, 0.2) is 204 Å². The van der Waals surface area contributed by atoms with Gasteiger partial charge < -0.3 is 4.74 Å². The zero-order chi connectivity index (χ0) is 41.7. The van der Waals surface area contributed by atoms with Crippen molar-refractivity contribution in [2.45, 2.75) is 42.9 Å². The summed E-state index contributed by atoms with van der Waals surface area (Å²) < 4.78 is 10.0. The van der Waals surface area contributed by atoms with Gasteiger partial charge in [0.2, 0.25) is 5.88 Å². The number of nitrogens with zero attached hydrogens (tertiary/aromatic N) is 1. The van der Waals surface area contributed by atoms with Gasteiger partial charge in [-0.25, -0.2) is 0 Å². The van der Waals surface area contributed by atoms with Crippen LogP contribution in [0.4, 0.5) is 11.4 Å². The van der Waals surface area contributed by atoms with Crippen LogP contribution in [0.5, 0.6) is 5.75 Å². The zero-order valence-electron chi connectivity index (χ0n) is 34.9. The molecule has 0 radical (unpaired) electrons. The van der Waals surface area contributed by atoms with E-state index in [9.17, 15) is 0 Å². The van der Waals surface area contributed by atoms with Gasteiger partial charge in [-0.1, -0.05) is 179 Å².